The second-order valence-corrected chi connectivity index (χ2v) is 2.60. The Morgan fingerprint density at radius 3 is 2.20 bits per heavy atom. The summed E-state index contributed by atoms with van der Waals surface area (Å²) in [5.74, 6) is -1.69. The first-order valence-electron chi connectivity index (χ1n) is 4.15. The fourth-order valence-electron chi connectivity index (χ4n) is 0.826. The third-order valence-corrected chi connectivity index (χ3v) is 1.51. The van der Waals surface area contributed by atoms with Crippen LogP contribution >= 0.6 is 0 Å². The molecule has 5 heteroatoms. The Kier molecular flexibility index (Phi) is 4.03. The van der Waals surface area contributed by atoms with Gasteiger partial charge >= 0.3 is 5.97 Å². The molecule has 0 saturated carbocycles. The normalized spacial score (nSPS) is 13.3. The summed E-state index contributed by atoms with van der Waals surface area (Å²) in [7, 11) is 0. The number of hydrogen-bond donors (Lipinski definition) is 1. The Balaban J connectivity index is 0.000000162. The molecule has 1 aromatic rings. The zero-order valence-electron chi connectivity index (χ0n) is 7.79. The molecule has 0 saturated heterocycles. The van der Waals surface area contributed by atoms with E-state index in [4.69, 9.17) is 5.11 Å². The van der Waals surface area contributed by atoms with Crippen LogP contribution in [0.2, 0.25) is 0 Å². The quantitative estimate of drug-likeness (QED) is 0.683. The van der Waals surface area contributed by atoms with Crippen molar-refractivity contribution in [1.82, 2.24) is 4.98 Å². The molecule has 0 aromatic carbocycles. The summed E-state index contributed by atoms with van der Waals surface area (Å²) in [5, 5.41) is 8.21. The molecule has 2 heterocycles. The van der Waals surface area contributed by atoms with Crippen molar-refractivity contribution in [3.63, 3.8) is 0 Å². The van der Waals surface area contributed by atoms with E-state index >= 15 is 0 Å². The largest absolute Gasteiger partial charge is 0.492 e. The average molecular weight is 207 g/mol. The Labute approximate surface area is 86.0 Å². The highest BCUT2D eigenvalue weighted by molar-refractivity contribution is 6.17. The lowest BCUT2D eigenvalue weighted by molar-refractivity contribution is -0.134. The molecular formula is C10H9NO4. The third kappa shape index (κ3) is 3.60. The number of pyridine rings is 1. The minimum atomic E-state index is -1.22. The lowest BCUT2D eigenvalue weighted by Gasteiger charge is -1.84. The fourth-order valence-corrected chi connectivity index (χ4v) is 0.826. The molecule has 0 spiro atoms. The average Bonchev–Trinajstić information content (AvgIpc) is 2.68. The van der Waals surface area contributed by atoms with Crippen LogP contribution in [-0.4, -0.2) is 28.4 Å². The van der Waals surface area contributed by atoms with Gasteiger partial charge in [0, 0.05) is 12.4 Å². The molecule has 0 radical (unpaired) electrons. The summed E-state index contributed by atoms with van der Waals surface area (Å²) in [6.07, 6.45) is 4.46. The topological polar surface area (TPSA) is 76.5 Å². The highest BCUT2D eigenvalue weighted by atomic mass is 16.5. The van der Waals surface area contributed by atoms with Crippen molar-refractivity contribution in [2.24, 2.45) is 0 Å². The number of carbonyl (C=O) groups is 2. The van der Waals surface area contributed by atoms with Crippen LogP contribution < -0.4 is 0 Å². The zero-order chi connectivity index (χ0) is 11.1. The first kappa shape index (κ1) is 10.9. The molecule has 1 aromatic heterocycles. The van der Waals surface area contributed by atoms with Gasteiger partial charge in [-0.1, -0.05) is 6.07 Å². The van der Waals surface area contributed by atoms with E-state index in [1.54, 1.807) is 12.4 Å². The fraction of sp³-hybridized carbons (Fsp3) is 0.100. The molecule has 5 nitrogen and oxygen atoms in total. The molecule has 0 amide bonds. The van der Waals surface area contributed by atoms with Crippen LogP contribution in [0.5, 0.6) is 0 Å². The van der Waals surface area contributed by atoms with Crippen LogP contribution in [0.1, 0.15) is 0 Å². The van der Waals surface area contributed by atoms with Crippen molar-refractivity contribution in [2.45, 2.75) is 0 Å². The van der Waals surface area contributed by atoms with Gasteiger partial charge in [-0.2, -0.15) is 0 Å². The Morgan fingerprint density at radius 1 is 1.33 bits per heavy atom. The lowest BCUT2D eigenvalue weighted by atomic mass is 10.2. The summed E-state index contributed by atoms with van der Waals surface area (Å²) in [6, 6.07) is 5.72. The van der Waals surface area contributed by atoms with E-state index in [-0.39, 0.29) is 12.2 Å². The molecule has 1 N–H and O–H groups in total. The van der Waals surface area contributed by atoms with Crippen molar-refractivity contribution in [2.75, 3.05) is 6.61 Å². The second kappa shape index (κ2) is 5.54. The van der Waals surface area contributed by atoms with E-state index in [1.165, 1.54) is 0 Å². The van der Waals surface area contributed by atoms with E-state index < -0.39 is 11.8 Å². The molecule has 0 aliphatic carbocycles. The predicted octanol–water partition coefficient (Wildman–Crippen LogP) is 0.636. The Bertz CT molecular complexity index is 346. The van der Waals surface area contributed by atoms with E-state index in [1.807, 2.05) is 18.2 Å². The maximum absolute atomic E-state index is 10.4. The monoisotopic (exact) mass is 207 g/mol. The number of ketones is 1. The number of carboxylic acids is 1. The van der Waals surface area contributed by atoms with Gasteiger partial charge in [-0.05, 0) is 12.1 Å². The molecule has 15 heavy (non-hydrogen) atoms. The molecule has 0 bridgehead atoms. The molecular weight excluding hydrogens is 198 g/mol. The SMILES string of the molecule is O=C(O)C1=COCC1=O.c1ccncc1. The van der Waals surface area contributed by atoms with Gasteiger partial charge in [-0.25, -0.2) is 4.79 Å². The summed E-state index contributed by atoms with van der Waals surface area (Å²) in [4.78, 5) is 24.3. The minimum Gasteiger partial charge on any atom is -0.492 e. The van der Waals surface area contributed by atoms with Crippen LogP contribution in [-0.2, 0) is 14.3 Å². The maximum Gasteiger partial charge on any atom is 0.342 e. The standard InChI is InChI=1S/C5H5N.C5H4O4/c1-2-4-6-5-3-1;6-4-2-9-1-3(4)5(7)8/h1-5H;1H,2H2,(H,7,8). The van der Waals surface area contributed by atoms with Crippen LogP contribution in [0.3, 0.4) is 0 Å². The van der Waals surface area contributed by atoms with Crippen molar-refractivity contribution >= 4 is 11.8 Å². The van der Waals surface area contributed by atoms with E-state index in [9.17, 15) is 9.59 Å². The number of rotatable bonds is 1. The van der Waals surface area contributed by atoms with E-state index in [0.717, 1.165) is 6.26 Å². The lowest BCUT2D eigenvalue weighted by Crippen LogP contribution is -2.09. The van der Waals surface area contributed by atoms with Crippen LogP contribution in [0.25, 0.3) is 0 Å². The first-order chi connectivity index (χ1) is 7.22. The summed E-state index contributed by atoms with van der Waals surface area (Å²) in [5.41, 5.74) is -0.269. The zero-order valence-corrected chi connectivity index (χ0v) is 7.79. The summed E-state index contributed by atoms with van der Waals surface area (Å²) >= 11 is 0. The highest BCUT2D eigenvalue weighted by Gasteiger charge is 2.22. The summed E-state index contributed by atoms with van der Waals surface area (Å²) in [6.45, 7) is -0.137. The third-order valence-electron chi connectivity index (χ3n) is 1.51. The first-order valence-corrected chi connectivity index (χ1v) is 4.15. The maximum atomic E-state index is 10.4. The number of aliphatic carboxylic acids is 1. The van der Waals surface area contributed by atoms with Crippen LogP contribution in [0.15, 0.2) is 42.4 Å². The number of nitrogens with zero attached hydrogens (tertiary/aromatic N) is 1. The van der Waals surface area contributed by atoms with Crippen LogP contribution in [0.4, 0.5) is 0 Å². The van der Waals surface area contributed by atoms with Gasteiger partial charge in [-0.3, -0.25) is 9.78 Å². The molecule has 1 aliphatic heterocycles. The van der Waals surface area contributed by atoms with Gasteiger partial charge in [0.25, 0.3) is 0 Å². The number of carbonyl (C=O) groups excluding carboxylic acids is 1. The Morgan fingerprint density at radius 2 is 2.00 bits per heavy atom. The number of Topliss-reactive ketones (excluding diaryl/α,β-unsaturated/α-hetero) is 1. The molecule has 0 atom stereocenters. The van der Waals surface area contributed by atoms with Crippen molar-refractivity contribution in [3.8, 4) is 0 Å². The van der Waals surface area contributed by atoms with Gasteiger partial charge in [0.1, 0.15) is 11.8 Å². The van der Waals surface area contributed by atoms with Gasteiger partial charge in [0.2, 0.25) is 5.78 Å². The molecule has 0 fully saturated rings. The smallest absolute Gasteiger partial charge is 0.342 e. The van der Waals surface area contributed by atoms with Crippen LogP contribution in [0, 0.1) is 0 Å². The van der Waals surface area contributed by atoms with E-state index in [0.29, 0.717) is 0 Å². The van der Waals surface area contributed by atoms with Crippen molar-refractivity contribution in [3.05, 3.63) is 42.4 Å². The number of hydrogen-bond acceptors (Lipinski definition) is 4. The van der Waals surface area contributed by atoms with Crippen molar-refractivity contribution in [1.29, 1.82) is 0 Å². The summed E-state index contributed by atoms with van der Waals surface area (Å²) < 4.78 is 4.44. The minimum absolute atomic E-state index is 0.137. The van der Waals surface area contributed by atoms with Gasteiger partial charge in [-0.15, -0.1) is 0 Å². The number of aromatic nitrogens is 1. The molecule has 78 valence electrons. The second-order valence-electron chi connectivity index (χ2n) is 2.60. The van der Waals surface area contributed by atoms with Gasteiger partial charge in [0.15, 0.2) is 6.61 Å². The van der Waals surface area contributed by atoms with E-state index in [2.05, 4.69) is 9.72 Å². The Hall–Kier alpha value is -2.17. The predicted molar refractivity (Wildman–Crippen MR) is 50.9 cm³/mol. The van der Waals surface area contributed by atoms with Gasteiger partial charge < -0.3 is 9.84 Å². The number of ether oxygens (including phenoxy) is 1. The van der Waals surface area contributed by atoms with Gasteiger partial charge in [0.05, 0.1) is 0 Å². The van der Waals surface area contributed by atoms with Crippen molar-refractivity contribution < 1.29 is 19.4 Å². The highest BCUT2D eigenvalue weighted by Crippen LogP contribution is 2.05. The molecule has 2 rings (SSSR count). The number of carboxylic acid groups (broad SMARTS) is 1. The molecule has 1 aliphatic rings. The molecule has 0 unspecified atom stereocenters.